The molecule has 36 heavy (non-hydrogen) atoms. The van der Waals surface area contributed by atoms with Crippen LogP contribution in [-0.4, -0.2) is 63.8 Å². The van der Waals surface area contributed by atoms with Crippen molar-refractivity contribution in [1.82, 2.24) is 30.0 Å². The Morgan fingerprint density at radius 2 is 1.97 bits per heavy atom. The van der Waals surface area contributed by atoms with Crippen LogP contribution in [-0.2, 0) is 11.3 Å². The molecule has 1 aliphatic heterocycles. The van der Waals surface area contributed by atoms with Crippen LogP contribution in [0.5, 0.6) is 0 Å². The minimum Gasteiger partial charge on any atom is -0.463 e. The molecule has 186 valence electrons. The second-order valence-electron chi connectivity index (χ2n) is 8.85. The van der Waals surface area contributed by atoms with Gasteiger partial charge in [-0.3, -0.25) is 4.79 Å². The standard InChI is InChI=1S/C27H30N6O3/c1-35-19-24-22(18-30-33(24)27-29-12-9-23(31-27)25-8-5-17-36-25)26(34)28-13-16-32-14-10-21(11-15-32)20-6-3-2-4-7-20/h2-9,12,17-18,21H,10-11,13-16,19H2,1H3,(H,28,34). The van der Waals surface area contributed by atoms with Crippen molar-refractivity contribution < 1.29 is 13.9 Å². The lowest BCUT2D eigenvalue weighted by molar-refractivity contribution is 0.0940. The third-order valence-corrected chi connectivity index (χ3v) is 6.57. The van der Waals surface area contributed by atoms with Gasteiger partial charge in [-0.05, 0) is 55.6 Å². The van der Waals surface area contributed by atoms with Gasteiger partial charge in [-0.15, -0.1) is 0 Å². The molecule has 9 nitrogen and oxygen atoms in total. The van der Waals surface area contributed by atoms with Crippen molar-refractivity contribution in [2.24, 2.45) is 0 Å². The first kappa shape index (κ1) is 23.9. The second-order valence-corrected chi connectivity index (χ2v) is 8.85. The summed E-state index contributed by atoms with van der Waals surface area (Å²) in [6.07, 6.45) is 7.05. The highest BCUT2D eigenvalue weighted by atomic mass is 16.5. The van der Waals surface area contributed by atoms with Crippen LogP contribution in [0.2, 0.25) is 0 Å². The van der Waals surface area contributed by atoms with E-state index >= 15 is 0 Å². The van der Waals surface area contributed by atoms with Gasteiger partial charge in [0.15, 0.2) is 5.76 Å². The average molecular weight is 487 g/mol. The summed E-state index contributed by atoms with van der Waals surface area (Å²) in [6.45, 7) is 3.65. The zero-order chi connectivity index (χ0) is 24.7. The van der Waals surface area contributed by atoms with Gasteiger partial charge in [0, 0.05) is 26.4 Å². The van der Waals surface area contributed by atoms with E-state index in [1.54, 1.807) is 36.4 Å². The highest BCUT2D eigenvalue weighted by Gasteiger charge is 2.22. The molecule has 0 radical (unpaired) electrons. The Morgan fingerprint density at radius 3 is 2.72 bits per heavy atom. The normalized spacial score (nSPS) is 14.7. The van der Waals surface area contributed by atoms with E-state index in [2.05, 4.69) is 55.6 Å². The maximum absolute atomic E-state index is 13.0. The van der Waals surface area contributed by atoms with Gasteiger partial charge in [-0.1, -0.05) is 30.3 Å². The maximum atomic E-state index is 13.0. The fourth-order valence-electron chi connectivity index (χ4n) is 4.66. The molecule has 0 spiro atoms. The number of furan rings is 1. The molecule has 0 bridgehead atoms. The number of rotatable bonds is 9. The summed E-state index contributed by atoms with van der Waals surface area (Å²) in [5.74, 6) is 1.41. The summed E-state index contributed by atoms with van der Waals surface area (Å²) in [6, 6.07) is 16.1. The number of likely N-dealkylation sites (tertiary alicyclic amines) is 1. The van der Waals surface area contributed by atoms with E-state index in [-0.39, 0.29) is 12.5 Å². The van der Waals surface area contributed by atoms with E-state index < -0.39 is 0 Å². The van der Waals surface area contributed by atoms with Gasteiger partial charge in [0.25, 0.3) is 11.9 Å². The Morgan fingerprint density at radius 1 is 1.14 bits per heavy atom. The number of ether oxygens (including phenoxy) is 1. The molecule has 1 N–H and O–H groups in total. The number of hydrogen-bond donors (Lipinski definition) is 1. The van der Waals surface area contributed by atoms with Gasteiger partial charge in [-0.2, -0.15) is 9.78 Å². The molecule has 0 saturated carbocycles. The minimum atomic E-state index is -0.185. The topological polar surface area (TPSA) is 98.3 Å². The lowest BCUT2D eigenvalue weighted by Gasteiger charge is -2.32. The SMILES string of the molecule is COCc1c(C(=O)NCCN2CCC(c3ccccc3)CC2)cnn1-c1nccc(-c2ccco2)n1. The van der Waals surface area contributed by atoms with E-state index in [9.17, 15) is 4.79 Å². The third kappa shape index (κ3) is 5.37. The highest BCUT2D eigenvalue weighted by molar-refractivity contribution is 5.95. The summed E-state index contributed by atoms with van der Waals surface area (Å²) in [5.41, 5.74) is 3.10. The number of piperidine rings is 1. The number of hydrogen-bond acceptors (Lipinski definition) is 7. The molecule has 1 fully saturated rings. The summed E-state index contributed by atoms with van der Waals surface area (Å²) >= 11 is 0. The number of carbonyl (C=O) groups is 1. The Hall–Kier alpha value is -3.82. The highest BCUT2D eigenvalue weighted by Crippen LogP contribution is 2.27. The van der Waals surface area contributed by atoms with E-state index in [0.29, 0.717) is 41.1 Å². The first-order valence-electron chi connectivity index (χ1n) is 12.2. The Balaban J connectivity index is 1.20. The summed E-state index contributed by atoms with van der Waals surface area (Å²) < 4.78 is 12.3. The molecule has 0 unspecified atom stereocenters. The quantitative estimate of drug-likeness (QED) is 0.385. The third-order valence-electron chi connectivity index (χ3n) is 6.57. The van der Waals surface area contributed by atoms with Gasteiger partial charge in [-0.25, -0.2) is 9.97 Å². The summed E-state index contributed by atoms with van der Waals surface area (Å²) in [7, 11) is 1.58. The van der Waals surface area contributed by atoms with Crippen LogP contribution >= 0.6 is 0 Å². The summed E-state index contributed by atoms with van der Waals surface area (Å²) in [4.78, 5) is 24.3. The molecular formula is C27H30N6O3. The number of aromatic nitrogens is 4. The second kappa shape index (κ2) is 11.3. The molecular weight excluding hydrogens is 456 g/mol. The molecule has 1 aromatic carbocycles. The average Bonchev–Trinajstić information content (AvgIpc) is 3.61. The number of benzene rings is 1. The molecule has 3 aromatic heterocycles. The number of carbonyl (C=O) groups excluding carboxylic acids is 1. The molecule has 0 atom stereocenters. The predicted octanol–water partition coefficient (Wildman–Crippen LogP) is 3.68. The molecule has 1 aliphatic rings. The lowest BCUT2D eigenvalue weighted by Crippen LogP contribution is -2.39. The lowest BCUT2D eigenvalue weighted by atomic mass is 9.89. The van der Waals surface area contributed by atoms with Crippen LogP contribution in [0.3, 0.4) is 0 Å². The van der Waals surface area contributed by atoms with Crippen molar-refractivity contribution in [2.45, 2.75) is 25.4 Å². The Bertz CT molecular complexity index is 1260. The first-order valence-corrected chi connectivity index (χ1v) is 12.2. The van der Waals surface area contributed by atoms with Crippen LogP contribution in [0.15, 0.2) is 71.6 Å². The largest absolute Gasteiger partial charge is 0.463 e. The van der Waals surface area contributed by atoms with Crippen molar-refractivity contribution in [1.29, 1.82) is 0 Å². The predicted molar refractivity (Wildman–Crippen MR) is 135 cm³/mol. The van der Waals surface area contributed by atoms with Gasteiger partial charge in [0.1, 0.15) is 5.69 Å². The fraction of sp³-hybridized carbons (Fsp3) is 0.333. The zero-order valence-electron chi connectivity index (χ0n) is 20.3. The number of nitrogens with zero attached hydrogens (tertiary/aromatic N) is 5. The Labute approximate surface area is 210 Å². The fourth-order valence-corrected chi connectivity index (χ4v) is 4.66. The van der Waals surface area contributed by atoms with E-state index in [1.807, 2.05) is 6.07 Å². The van der Waals surface area contributed by atoms with Gasteiger partial charge in [0.2, 0.25) is 0 Å². The van der Waals surface area contributed by atoms with Crippen molar-refractivity contribution in [3.8, 4) is 17.4 Å². The van der Waals surface area contributed by atoms with Gasteiger partial charge < -0.3 is 19.4 Å². The van der Waals surface area contributed by atoms with Crippen molar-refractivity contribution in [2.75, 3.05) is 33.3 Å². The van der Waals surface area contributed by atoms with Crippen molar-refractivity contribution in [3.63, 3.8) is 0 Å². The molecule has 4 aromatic rings. The monoisotopic (exact) mass is 486 g/mol. The van der Waals surface area contributed by atoms with Gasteiger partial charge in [0.05, 0.1) is 30.3 Å². The number of nitrogens with one attached hydrogen (secondary N) is 1. The van der Waals surface area contributed by atoms with Gasteiger partial charge >= 0.3 is 0 Å². The number of methoxy groups -OCH3 is 1. The van der Waals surface area contributed by atoms with Crippen molar-refractivity contribution >= 4 is 5.91 Å². The van der Waals surface area contributed by atoms with Crippen LogP contribution < -0.4 is 5.32 Å². The van der Waals surface area contributed by atoms with E-state index in [0.717, 1.165) is 32.5 Å². The van der Waals surface area contributed by atoms with Crippen LogP contribution in [0.4, 0.5) is 0 Å². The zero-order valence-corrected chi connectivity index (χ0v) is 20.3. The van der Waals surface area contributed by atoms with E-state index in [4.69, 9.17) is 9.15 Å². The summed E-state index contributed by atoms with van der Waals surface area (Å²) in [5, 5.41) is 7.43. The first-order chi connectivity index (χ1) is 17.7. The molecule has 9 heteroatoms. The smallest absolute Gasteiger partial charge is 0.254 e. The molecule has 5 rings (SSSR count). The van der Waals surface area contributed by atoms with E-state index in [1.165, 1.54) is 11.8 Å². The van der Waals surface area contributed by atoms with Crippen LogP contribution in [0.1, 0.15) is 40.4 Å². The molecule has 1 amide bonds. The minimum absolute atomic E-state index is 0.185. The Kier molecular flexibility index (Phi) is 7.49. The maximum Gasteiger partial charge on any atom is 0.254 e. The van der Waals surface area contributed by atoms with Crippen LogP contribution in [0.25, 0.3) is 17.4 Å². The molecule has 1 saturated heterocycles. The molecule has 4 heterocycles. The van der Waals surface area contributed by atoms with Crippen molar-refractivity contribution in [3.05, 3.63) is 84.0 Å². The van der Waals surface area contributed by atoms with Crippen LogP contribution in [0, 0.1) is 0 Å². The molecule has 0 aliphatic carbocycles. The number of amides is 1.